The summed E-state index contributed by atoms with van der Waals surface area (Å²) >= 11 is 0. The molecule has 1 atom stereocenters. The van der Waals surface area contributed by atoms with Gasteiger partial charge in [-0.05, 0) is 17.9 Å². The molecule has 3 heteroatoms. The predicted molar refractivity (Wildman–Crippen MR) is 53.6 cm³/mol. The third-order valence-corrected chi connectivity index (χ3v) is 2.17. The molecule has 0 aromatic heterocycles. The average molecular weight is 196 g/mol. The predicted octanol–water partition coefficient (Wildman–Crippen LogP) is 0.538. The van der Waals surface area contributed by atoms with Crippen molar-refractivity contribution in [1.82, 2.24) is 0 Å². The van der Waals surface area contributed by atoms with Gasteiger partial charge in [-0.2, -0.15) is 0 Å². The lowest BCUT2D eigenvalue weighted by molar-refractivity contribution is -0.0603. The van der Waals surface area contributed by atoms with Crippen molar-refractivity contribution in [3.05, 3.63) is 35.9 Å². The van der Waals surface area contributed by atoms with Gasteiger partial charge in [-0.1, -0.05) is 30.3 Å². The Labute approximate surface area is 83.6 Å². The molecule has 0 amide bonds. The number of aliphatic hydroxyl groups is 3. The average Bonchev–Trinajstić information content (AvgIpc) is 2.17. The maximum atomic E-state index is 9.01. The van der Waals surface area contributed by atoms with E-state index >= 15 is 0 Å². The maximum absolute atomic E-state index is 9.01. The fraction of sp³-hybridized carbons (Fsp3) is 0.455. The van der Waals surface area contributed by atoms with Crippen LogP contribution in [-0.4, -0.2) is 28.2 Å². The van der Waals surface area contributed by atoms with Gasteiger partial charge in [0.05, 0.1) is 0 Å². The van der Waals surface area contributed by atoms with Gasteiger partial charge in [0.25, 0.3) is 0 Å². The zero-order chi connectivity index (χ0) is 10.4. The van der Waals surface area contributed by atoms with Crippen LogP contribution < -0.4 is 0 Å². The minimum Gasteiger partial charge on any atom is -0.396 e. The molecule has 78 valence electrons. The normalized spacial score (nSPS) is 13.1. The van der Waals surface area contributed by atoms with Crippen LogP contribution in [0.4, 0.5) is 0 Å². The number of hydrogen-bond acceptors (Lipinski definition) is 3. The summed E-state index contributed by atoms with van der Waals surface area (Å²) in [5.41, 5.74) is 1.10. The number of benzene rings is 1. The molecule has 0 heterocycles. The van der Waals surface area contributed by atoms with Crippen molar-refractivity contribution in [3.63, 3.8) is 0 Å². The molecule has 3 N–H and O–H groups in total. The molecule has 0 saturated carbocycles. The molecule has 14 heavy (non-hydrogen) atoms. The van der Waals surface area contributed by atoms with Crippen molar-refractivity contribution in [3.8, 4) is 0 Å². The molecular formula is C11H16O3. The van der Waals surface area contributed by atoms with Gasteiger partial charge in [-0.25, -0.2) is 0 Å². The molecule has 1 unspecified atom stereocenters. The minimum absolute atomic E-state index is 0.0213. The second kappa shape index (κ2) is 5.75. The Morgan fingerprint density at radius 3 is 2.21 bits per heavy atom. The lowest BCUT2D eigenvalue weighted by Gasteiger charge is -2.14. The first-order chi connectivity index (χ1) is 6.72. The lowest BCUT2D eigenvalue weighted by Crippen LogP contribution is -2.17. The summed E-state index contributed by atoms with van der Waals surface area (Å²) in [6.45, 7) is -0.0213. The van der Waals surface area contributed by atoms with E-state index in [-0.39, 0.29) is 18.9 Å². The molecule has 0 spiro atoms. The Morgan fingerprint density at radius 2 is 1.71 bits per heavy atom. The summed E-state index contributed by atoms with van der Waals surface area (Å²) in [5, 5.41) is 26.6. The highest BCUT2D eigenvalue weighted by Crippen LogP contribution is 2.12. The summed E-state index contributed by atoms with van der Waals surface area (Å²) in [5.74, 6) is -0.0857. The van der Waals surface area contributed by atoms with Crippen molar-refractivity contribution < 1.29 is 15.3 Å². The molecule has 0 fully saturated rings. The third-order valence-electron chi connectivity index (χ3n) is 2.17. The van der Waals surface area contributed by atoms with Gasteiger partial charge < -0.3 is 15.3 Å². The van der Waals surface area contributed by atoms with Crippen LogP contribution >= 0.6 is 0 Å². The molecular weight excluding hydrogens is 180 g/mol. The Morgan fingerprint density at radius 1 is 1.07 bits per heavy atom. The zero-order valence-corrected chi connectivity index (χ0v) is 8.00. The Bertz CT molecular complexity index is 246. The van der Waals surface area contributed by atoms with E-state index in [4.69, 9.17) is 15.3 Å². The van der Waals surface area contributed by atoms with Crippen molar-refractivity contribution in [2.45, 2.75) is 19.1 Å². The number of hydrogen-bond donors (Lipinski definition) is 3. The summed E-state index contributed by atoms with van der Waals surface area (Å²) in [6.07, 6.45) is -0.448. The molecule has 0 aliphatic rings. The summed E-state index contributed by atoms with van der Waals surface area (Å²) < 4.78 is 0. The Hall–Kier alpha value is -0.900. The van der Waals surface area contributed by atoms with Crippen molar-refractivity contribution >= 4 is 0 Å². The van der Waals surface area contributed by atoms with Crippen molar-refractivity contribution in [2.75, 3.05) is 6.61 Å². The lowest BCUT2D eigenvalue weighted by atomic mass is 9.97. The van der Waals surface area contributed by atoms with Gasteiger partial charge in [0.1, 0.15) is 0 Å². The van der Waals surface area contributed by atoms with E-state index in [1.807, 2.05) is 30.3 Å². The second-order valence-electron chi connectivity index (χ2n) is 3.45. The zero-order valence-electron chi connectivity index (χ0n) is 8.00. The SMILES string of the molecule is OCC(Cc1ccccc1)CC(O)O. The van der Waals surface area contributed by atoms with Gasteiger partial charge in [0, 0.05) is 13.0 Å². The summed E-state index contributed by atoms with van der Waals surface area (Å²) in [6, 6.07) is 9.72. The minimum atomic E-state index is -1.34. The third kappa shape index (κ3) is 3.87. The van der Waals surface area contributed by atoms with E-state index in [9.17, 15) is 0 Å². The van der Waals surface area contributed by atoms with Gasteiger partial charge in [-0.3, -0.25) is 0 Å². The molecule has 1 aromatic rings. The van der Waals surface area contributed by atoms with Crippen LogP contribution in [0.5, 0.6) is 0 Å². The maximum Gasteiger partial charge on any atom is 0.151 e. The van der Waals surface area contributed by atoms with E-state index in [0.29, 0.717) is 6.42 Å². The molecule has 1 aromatic carbocycles. The second-order valence-corrected chi connectivity index (χ2v) is 3.45. The standard InChI is InChI=1S/C11H16O3/c12-8-10(7-11(13)14)6-9-4-2-1-3-5-9/h1-5,10-14H,6-8H2. The molecule has 0 radical (unpaired) electrons. The van der Waals surface area contributed by atoms with Crippen LogP contribution in [0.15, 0.2) is 30.3 Å². The first kappa shape index (κ1) is 11.2. The fourth-order valence-corrected chi connectivity index (χ4v) is 1.47. The summed E-state index contributed by atoms with van der Waals surface area (Å²) in [7, 11) is 0. The molecule has 0 saturated heterocycles. The number of aliphatic hydroxyl groups excluding tert-OH is 2. The fourth-order valence-electron chi connectivity index (χ4n) is 1.47. The highest BCUT2D eigenvalue weighted by atomic mass is 16.5. The van der Waals surface area contributed by atoms with Crippen molar-refractivity contribution in [2.24, 2.45) is 5.92 Å². The molecule has 0 bridgehead atoms. The Kier molecular flexibility index (Phi) is 4.59. The van der Waals surface area contributed by atoms with Gasteiger partial charge in [0.15, 0.2) is 6.29 Å². The van der Waals surface area contributed by atoms with Gasteiger partial charge in [0.2, 0.25) is 0 Å². The van der Waals surface area contributed by atoms with Crippen LogP contribution in [0, 0.1) is 5.92 Å². The summed E-state index contributed by atoms with van der Waals surface area (Å²) in [4.78, 5) is 0. The van der Waals surface area contributed by atoms with E-state index in [1.54, 1.807) is 0 Å². The first-order valence-corrected chi connectivity index (χ1v) is 4.73. The highest BCUT2D eigenvalue weighted by molar-refractivity contribution is 5.15. The van der Waals surface area contributed by atoms with Crippen LogP contribution in [-0.2, 0) is 6.42 Å². The topological polar surface area (TPSA) is 60.7 Å². The molecule has 1 rings (SSSR count). The smallest absolute Gasteiger partial charge is 0.151 e. The van der Waals surface area contributed by atoms with Gasteiger partial charge in [-0.15, -0.1) is 0 Å². The van der Waals surface area contributed by atoms with E-state index < -0.39 is 6.29 Å². The van der Waals surface area contributed by atoms with Crippen LogP contribution in [0.1, 0.15) is 12.0 Å². The van der Waals surface area contributed by atoms with Crippen LogP contribution in [0.25, 0.3) is 0 Å². The molecule has 0 aliphatic heterocycles. The van der Waals surface area contributed by atoms with Crippen LogP contribution in [0.2, 0.25) is 0 Å². The Balaban J connectivity index is 2.48. The largest absolute Gasteiger partial charge is 0.396 e. The first-order valence-electron chi connectivity index (χ1n) is 4.73. The van der Waals surface area contributed by atoms with Crippen LogP contribution in [0.3, 0.4) is 0 Å². The quantitative estimate of drug-likeness (QED) is 0.602. The van der Waals surface area contributed by atoms with E-state index in [0.717, 1.165) is 5.56 Å². The molecule has 0 aliphatic carbocycles. The van der Waals surface area contributed by atoms with E-state index in [1.165, 1.54) is 0 Å². The van der Waals surface area contributed by atoms with E-state index in [2.05, 4.69) is 0 Å². The van der Waals surface area contributed by atoms with Gasteiger partial charge >= 0.3 is 0 Å². The van der Waals surface area contributed by atoms with Crippen molar-refractivity contribution in [1.29, 1.82) is 0 Å². The highest BCUT2D eigenvalue weighted by Gasteiger charge is 2.12. The monoisotopic (exact) mass is 196 g/mol. The molecule has 3 nitrogen and oxygen atoms in total. The number of rotatable bonds is 5.